The zero-order valence-electron chi connectivity index (χ0n) is 16.4. The van der Waals surface area contributed by atoms with E-state index >= 15 is 0 Å². The summed E-state index contributed by atoms with van der Waals surface area (Å²) in [4.78, 5) is 24.0. The third-order valence-electron chi connectivity index (χ3n) is 4.69. The highest BCUT2D eigenvalue weighted by molar-refractivity contribution is 7.22. The molecule has 6 nitrogen and oxygen atoms in total. The molecule has 7 heteroatoms. The molecule has 1 amide bonds. The summed E-state index contributed by atoms with van der Waals surface area (Å²) in [6.07, 6.45) is 6.26. The lowest BCUT2D eigenvalue weighted by atomic mass is 10.1. The van der Waals surface area contributed by atoms with Crippen molar-refractivity contribution in [2.45, 2.75) is 19.9 Å². The van der Waals surface area contributed by atoms with Crippen molar-refractivity contribution in [2.24, 2.45) is 0 Å². The van der Waals surface area contributed by atoms with Crippen molar-refractivity contribution >= 4 is 32.6 Å². The molecular weight excluding hydrogens is 384 g/mol. The summed E-state index contributed by atoms with van der Waals surface area (Å²) in [7, 11) is 1.63. The first-order valence-electron chi connectivity index (χ1n) is 9.43. The van der Waals surface area contributed by atoms with E-state index in [9.17, 15) is 4.79 Å². The number of aromatic nitrogens is 3. The van der Waals surface area contributed by atoms with E-state index in [2.05, 4.69) is 4.98 Å². The van der Waals surface area contributed by atoms with Gasteiger partial charge < -0.3 is 9.30 Å². The number of hydrogen-bond donors (Lipinski definition) is 0. The number of hydrogen-bond acceptors (Lipinski definition) is 5. The van der Waals surface area contributed by atoms with Crippen LogP contribution < -0.4 is 9.64 Å². The SMILES string of the molecule is COc1cccc2sc(N(CCCn3ccnc3)C(=O)c3cccc(C)c3)nc12. The van der Waals surface area contributed by atoms with Gasteiger partial charge >= 0.3 is 0 Å². The van der Waals surface area contributed by atoms with Gasteiger partial charge in [-0.3, -0.25) is 9.69 Å². The maximum Gasteiger partial charge on any atom is 0.260 e. The fourth-order valence-corrected chi connectivity index (χ4v) is 4.25. The van der Waals surface area contributed by atoms with E-state index in [0.717, 1.165) is 28.7 Å². The van der Waals surface area contributed by atoms with E-state index in [4.69, 9.17) is 9.72 Å². The quantitative estimate of drug-likeness (QED) is 0.452. The van der Waals surface area contributed by atoms with Gasteiger partial charge in [0.1, 0.15) is 11.3 Å². The first-order chi connectivity index (χ1) is 14.2. The number of benzene rings is 2. The molecule has 0 atom stereocenters. The number of methoxy groups -OCH3 is 1. The van der Waals surface area contributed by atoms with Gasteiger partial charge in [0.05, 0.1) is 18.1 Å². The third kappa shape index (κ3) is 4.14. The monoisotopic (exact) mass is 406 g/mol. The molecule has 148 valence electrons. The van der Waals surface area contributed by atoms with Crippen LogP contribution in [0.1, 0.15) is 22.3 Å². The van der Waals surface area contributed by atoms with E-state index in [1.807, 2.05) is 60.2 Å². The van der Waals surface area contributed by atoms with E-state index in [1.54, 1.807) is 24.5 Å². The van der Waals surface area contributed by atoms with Crippen LogP contribution in [0.3, 0.4) is 0 Å². The van der Waals surface area contributed by atoms with Crippen LogP contribution in [0.2, 0.25) is 0 Å². The minimum Gasteiger partial charge on any atom is -0.494 e. The number of thiazole rings is 1. The predicted molar refractivity (Wildman–Crippen MR) is 116 cm³/mol. The molecule has 2 heterocycles. The number of anilines is 1. The molecule has 0 spiro atoms. The summed E-state index contributed by atoms with van der Waals surface area (Å²) >= 11 is 1.50. The summed E-state index contributed by atoms with van der Waals surface area (Å²) in [5.41, 5.74) is 2.51. The summed E-state index contributed by atoms with van der Waals surface area (Å²) < 4.78 is 8.45. The molecule has 0 bridgehead atoms. The molecule has 2 aromatic heterocycles. The minimum atomic E-state index is -0.0441. The molecule has 0 unspecified atom stereocenters. The predicted octanol–water partition coefficient (Wildman–Crippen LogP) is 4.55. The van der Waals surface area contributed by atoms with Gasteiger partial charge in [0.25, 0.3) is 5.91 Å². The molecule has 0 aliphatic carbocycles. The fraction of sp³-hybridized carbons (Fsp3) is 0.227. The van der Waals surface area contributed by atoms with Crippen molar-refractivity contribution in [2.75, 3.05) is 18.6 Å². The summed E-state index contributed by atoms with van der Waals surface area (Å²) in [5.74, 6) is 0.670. The molecule has 29 heavy (non-hydrogen) atoms. The number of rotatable bonds is 7. The maximum absolute atomic E-state index is 13.4. The van der Waals surface area contributed by atoms with Gasteiger partial charge in [-0.1, -0.05) is 35.1 Å². The molecule has 0 aliphatic rings. The molecule has 0 radical (unpaired) electrons. The highest BCUT2D eigenvalue weighted by Crippen LogP contribution is 2.34. The van der Waals surface area contributed by atoms with Crippen molar-refractivity contribution in [3.8, 4) is 5.75 Å². The summed E-state index contributed by atoms with van der Waals surface area (Å²) in [6.45, 7) is 3.33. The van der Waals surface area contributed by atoms with Crippen LogP contribution in [0, 0.1) is 6.92 Å². The topological polar surface area (TPSA) is 60.2 Å². The number of nitrogens with zero attached hydrogens (tertiary/aromatic N) is 4. The number of amides is 1. The summed E-state index contributed by atoms with van der Waals surface area (Å²) in [5, 5.41) is 0.682. The van der Waals surface area contributed by atoms with E-state index < -0.39 is 0 Å². The Bertz CT molecular complexity index is 1120. The second-order valence-corrected chi connectivity index (χ2v) is 7.79. The highest BCUT2D eigenvalue weighted by atomic mass is 32.1. The second kappa shape index (κ2) is 8.45. The number of para-hydroxylation sites is 1. The van der Waals surface area contributed by atoms with Gasteiger partial charge in [0.2, 0.25) is 0 Å². The zero-order chi connectivity index (χ0) is 20.2. The number of fused-ring (bicyclic) bond motifs is 1. The van der Waals surface area contributed by atoms with Gasteiger partial charge in [-0.05, 0) is 37.6 Å². The second-order valence-electron chi connectivity index (χ2n) is 6.78. The Morgan fingerprint density at radius 1 is 1.24 bits per heavy atom. The maximum atomic E-state index is 13.4. The first kappa shape index (κ1) is 19.1. The first-order valence-corrected chi connectivity index (χ1v) is 10.2. The van der Waals surface area contributed by atoms with Crippen molar-refractivity contribution < 1.29 is 9.53 Å². The van der Waals surface area contributed by atoms with Gasteiger partial charge in [-0.25, -0.2) is 9.97 Å². The lowest BCUT2D eigenvalue weighted by Crippen LogP contribution is -2.32. The van der Waals surface area contributed by atoms with Crippen LogP contribution in [0.25, 0.3) is 10.2 Å². The molecule has 4 aromatic rings. The average molecular weight is 407 g/mol. The van der Waals surface area contributed by atoms with E-state index in [-0.39, 0.29) is 5.91 Å². The van der Waals surface area contributed by atoms with Crippen molar-refractivity contribution in [3.63, 3.8) is 0 Å². The van der Waals surface area contributed by atoms with Crippen molar-refractivity contribution in [1.29, 1.82) is 0 Å². The Labute approximate surface area is 173 Å². The molecule has 2 aromatic carbocycles. The smallest absolute Gasteiger partial charge is 0.260 e. The Kier molecular flexibility index (Phi) is 5.57. The van der Waals surface area contributed by atoms with E-state index in [0.29, 0.717) is 23.0 Å². The molecule has 0 saturated carbocycles. The number of carbonyl (C=O) groups excluding carboxylic acids is 1. The van der Waals surface area contributed by atoms with Crippen LogP contribution in [0.5, 0.6) is 5.75 Å². The van der Waals surface area contributed by atoms with Crippen LogP contribution in [-0.4, -0.2) is 34.1 Å². The molecule has 0 aliphatic heterocycles. The minimum absolute atomic E-state index is 0.0441. The number of ether oxygens (including phenoxy) is 1. The largest absolute Gasteiger partial charge is 0.494 e. The van der Waals surface area contributed by atoms with Crippen LogP contribution >= 0.6 is 11.3 Å². The van der Waals surface area contributed by atoms with Gasteiger partial charge in [-0.2, -0.15) is 0 Å². The Balaban J connectivity index is 1.66. The summed E-state index contributed by atoms with van der Waals surface area (Å²) in [6, 6.07) is 13.5. The molecule has 0 saturated heterocycles. The Morgan fingerprint density at radius 2 is 2.10 bits per heavy atom. The zero-order valence-corrected chi connectivity index (χ0v) is 17.2. The van der Waals surface area contributed by atoms with Crippen LogP contribution in [0.4, 0.5) is 5.13 Å². The Hall–Kier alpha value is -3.19. The van der Waals surface area contributed by atoms with Crippen molar-refractivity contribution in [3.05, 3.63) is 72.3 Å². The molecular formula is C22H22N4O2S. The van der Waals surface area contributed by atoms with Crippen molar-refractivity contribution in [1.82, 2.24) is 14.5 Å². The van der Waals surface area contributed by atoms with E-state index in [1.165, 1.54) is 11.3 Å². The molecule has 0 N–H and O–H groups in total. The third-order valence-corrected chi connectivity index (χ3v) is 5.73. The lowest BCUT2D eigenvalue weighted by molar-refractivity contribution is 0.0986. The molecule has 0 fully saturated rings. The van der Waals surface area contributed by atoms with Gasteiger partial charge in [-0.15, -0.1) is 0 Å². The fourth-order valence-electron chi connectivity index (χ4n) is 3.24. The van der Waals surface area contributed by atoms with Crippen LogP contribution in [-0.2, 0) is 6.54 Å². The average Bonchev–Trinajstić information content (AvgIpc) is 3.40. The lowest BCUT2D eigenvalue weighted by Gasteiger charge is -2.20. The standard InChI is InChI=1S/C22H22N4O2S/c1-16-6-3-7-17(14-16)21(27)26(12-5-11-25-13-10-23-15-25)22-24-20-18(28-2)8-4-9-19(20)29-22/h3-4,6-10,13-15H,5,11-12H2,1-2H3. The normalized spacial score (nSPS) is 11.0. The van der Waals surface area contributed by atoms with Gasteiger partial charge in [0.15, 0.2) is 5.13 Å². The number of carbonyl (C=O) groups is 1. The number of aryl methyl sites for hydroxylation is 2. The molecule has 4 rings (SSSR count). The number of imidazole rings is 1. The Morgan fingerprint density at radius 3 is 2.86 bits per heavy atom. The van der Waals surface area contributed by atoms with Gasteiger partial charge in [0, 0.05) is 31.0 Å². The highest BCUT2D eigenvalue weighted by Gasteiger charge is 2.22. The van der Waals surface area contributed by atoms with Crippen LogP contribution in [0.15, 0.2) is 61.2 Å².